The van der Waals surface area contributed by atoms with Crippen LogP contribution in [0.25, 0.3) is 21.8 Å². The van der Waals surface area contributed by atoms with E-state index in [2.05, 4.69) is 22.1 Å². The molecule has 2 aromatic heterocycles. The van der Waals surface area contributed by atoms with E-state index in [1.54, 1.807) is 6.20 Å². The van der Waals surface area contributed by atoms with Crippen LogP contribution in [0.2, 0.25) is 0 Å². The molecule has 0 atom stereocenters. The molecule has 4 rings (SSSR count). The Morgan fingerprint density at radius 3 is 2.68 bits per heavy atom. The van der Waals surface area contributed by atoms with Crippen LogP contribution in [0.1, 0.15) is 5.56 Å². The minimum absolute atomic E-state index is 0.480. The number of hydrogen-bond donors (Lipinski definition) is 0. The lowest BCUT2D eigenvalue weighted by atomic mass is 10.1. The average Bonchev–Trinajstić information content (AvgIpc) is 2.60. The van der Waals surface area contributed by atoms with Crippen molar-refractivity contribution < 1.29 is 4.74 Å². The fourth-order valence-electron chi connectivity index (χ4n) is 2.55. The van der Waals surface area contributed by atoms with Gasteiger partial charge in [-0.15, -0.1) is 0 Å². The van der Waals surface area contributed by atoms with Gasteiger partial charge in [0, 0.05) is 28.7 Å². The van der Waals surface area contributed by atoms with Crippen LogP contribution in [0.4, 0.5) is 0 Å². The molecule has 0 radical (unpaired) electrons. The monoisotopic (exact) mass is 286 g/mol. The SMILES string of the molecule is c1ccc2ncc(COc3cccc4cccnc34)cc2c1. The molecule has 106 valence electrons. The van der Waals surface area contributed by atoms with Crippen LogP contribution in [-0.4, -0.2) is 9.97 Å². The molecular formula is C19H14N2O. The topological polar surface area (TPSA) is 35.0 Å². The van der Waals surface area contributed by atoms with Gasteiger partial charge >= 0.3 is 0 Å². The van der Waals surface area contributed by atoms with E-state index < -0.39 is 0 Å². The number of hydrogen-bond acceptors (Lipinski definition) is 3. The highest BCUT2D eigenvalue weighted by Crippen LogP contribution is 2.24. The van der Waals surface area contributed by atoms with Crippen LogP contribution in [0.3, 0.4) is 0 Å². The second-order valence-electron chi connectivity index (χ2n) is 5.16. The molecule has 0 unspecified atom stereocenters. The van der Waals surface area contributed by atoms with Crippen LogP contribution in [0, 0.1) is 0 Å². The van der Waals surface area contributed by atoms with Crippen LogP contribution in [-0.2, 0) is 6.61 Å². The number of pyridine rings is 2. The summed E-state index contributed by atoms with van der Waals surface area (Å²) in [5.74, 6) is 0.797. The van der Waals surface area contributed by atoms with Crippen molar-refractivity contribution >= 4 is 21.8 Å². The quantitative estimate of drug-likeness (QED) is 0.561. The molecule has 0 bridgehead atoms. The first-order valence-electron chi connectivity index (χ1n) is 7.20. The summed E-state index contributed by atoms with van der Waals surface area (Å²) in [7, 11) is 0. The van der Waals surface area contributed by atoms with Crippen LogP contribution in [0.5, 0.6) is 5.75 Å². The maximum absolute atomic E-state index is 5.95. The molecule has 0 aliphatic heterocycles. The molecule has 0 aliphatic carbocycles. The molecule has 22 heavy (non-hydrogen) atoms. The molecular weight excluding hydrogens is 272 g/mol. The number of benzene rings is 2. The lowest BCUT2D eigenvalue weighted by Crippen LogP contribution is -1.97. The highest BCUT2D eigenvalue weighted by atomic mass is 16.5. The van der Waals surface area contributed by atoms with E-state index >= 15 is 0 Å². The van der Waals surface area contributed by atoms with Crippen molar-refractivity contribution in [2.24, 2.45) is 0 Å². The standard InChI is InChI=1S/C19H14N2O/c1-2-8-17-16(5-1)11-14(12-21-17)13-22-18-9-3-6-15-7-4-10-20-19(15)18/h1-12H,13H2. The Balaban J connectivity index is 1.63. The van der Waals surface area contributed by atoms with Gasteiger partial charge in [0.2, 0.25) is 0 Å². The van der Waals surface area contributed by atoms with Gasteiger partial charge in [0.15, 0.2) is 0 Å². The highest BCUT2D eigenvalue weighted by molar-refractivity contribution is 5.84. The van der Waals surface area contributed by atoms with Crippen molar-refractivity contribution in [2.75, 3.05) is 0 Å². The molecule has 3 nitrogen and oxygen atoms in total. The molecule has 0 fully saturated rings. The van der Waals surface area contributed by atoms with Gasteiger partial charge in [-0.2, -0.15) is 0 Å². The van der Waals surface area contributed by atoms with E-state index in [1.807, 2.05) is 54.7 Å². The molecule has 2 heterocycles. The fourth-order valence-corrected chi connectivity index (χ4v) is 2.55. The molecule has 0 N–H and O–H groups in total. The van der Waals surface area contributed by atoms with E-state index in [0.717, 1.165) is 33.1 Å². The molecule has 4 aromatic rings. The van der Waals surface area contributed by atoms with Crippen molar-refractivity contribution in [3.05, 3.63) is 78.6 Å². The van der Waals surface area contributed by atoms with Crippen molar-refractivity contribution in [3.8, 4) is 5.75 Å². The second-order valence-corrected chi connectivity index (χ2v) is 5.16. The summed E-state index contributed by atoms with van der Waals surface area (Å²) in [6, 6.07) is 20.1. The second kappa shape index (κ2) is 5.45. The van der Waals surface area contributed by atoms with Crippen molar-refractivity contribution in [3.63, 3.8) is 0 Å². The van der Waals surface area contributed by atoms with Crippen LogP contribution >= 0.6 is 0 Å². The molecule has 0 saturated heterocycles. The predicted molar refractivity (Wildman–Crippen MR) is 87.8 cm³/mol. The summed E-state index contributed by atoms with van der Waals surface area (Å²) in [5.41, 5.74) is 2.93. The zero-order valence-corrected chi connectivity index (χ0v) is 11.9. The molecule has 0 saturated carbocycles. The fraction of sp³-hybridized carbons (Fsp3) is 0.0526. The van der Waals surface area contributed by atoms with Crippen LogP contribution in [0.15, 0.2) is 73.1 Å². The highest BCUT2D eigenvalue weighted by Gasteiger charge is 2.04. The summed E-state index contributed by atoms with van der Waals surface area (Å²) in [5, 5.41) is 2.20. The van der Waals surface area contributed by atoms with Gasteiger partial charge in [0.1, 0.15) is 17.9 Å². The number of rotatable bonds is 3. The Bertz CT molecular complexity index is 944. The van der Waals surface area contributed by atoms with E-state index in [-0.39, 0.29) is 0 Å². The van der Waals surface area contributed by atoms with Gasteiger partial charge in [0.05, 0.1) is 5.52 Å². The summed E-state index contributed by atoms with van der Waals surface area (Å²) >= 11 is 0. The van der Waals surface area contributed by atoms with Gasteiger partial charge in [-0.05, 0) is 24.3 Å². The van der Waals surface area contributed by atoms with Gasteiger partial charge < -0.3 is 4.74 Å². The number of nitrogens with zero attached hydrogens (tertiary/aromatic N) is 2. The summed E-state index contributed by atoms with van der Waals surface area (Å²) in [4.78, 5) is 8.86. The largest absolute Gasteiger partial charge is 0.487 e. The first kappa shape index (κ1) is 12.8. The Labute approximate surface area is 128 Å². The Morgan fingerprint density at radius 2 is 1.68 bits per heavy atom. The summed E-state index contributed by atoms with van der Waals surface area (Å²) < 4.78 is 5.95. The molecule has 3 heteroatoms. The zero-order valence-electron chi connectivity index (χ0n) is 11.9. The maximum atomic E-state index is 5.95. The van der Waals surface area contributed by atoms with E-state index in [9.17, 15) is 0 Å². The van der Waals surface area contributed by atoms with E-state index in [4.69, 9.17) is 4.74 Å². The minimum atomic E-state index is 0.480. The number of ether oxygens (including phenoxy) is 1. The molecule has 0 spiro atoms. The third-order valence-electron chi connectivity index (χ3n) is 3.64. The first-order chi connectivity index (χ1) is 10.9. The van der Waals surface area contributed by atoms with Gasteiger partial charge in [0.25, 0.3) is 0 Å². The van der Waals surface area contributed by atoms with Crippen molar-refractivity contribution in [2.45, 2.75) is 6.61 Å². The zero-order chi connectivity index (χ0) is 14.8. The third-order valence-corrected chi connectivity index (χ3v) is 3.64. The summed E-state index contributed by atoms with van der Waals surface area (Å²) in [6.07, 6.45) is 3.65. The summed E-state index contributed by atoms with van der Waals surface area (Å²) in [6.45, 7) is 0.480. The third kappa shape index (κ3) is 2.37. The minimum Gasteiger partial charge on any atom is -0.487 e. The molecule has 0 aliphatic rings. The number of aromatic nitrogens is 2. The van der Waals surface area contributed by atoms with Crippen LogP contribution < -0.4 is 4.74 Å². The predicted octanol–water partition coefficient (Wildman–Crippen LogP) is 4.36. The van der Waals surface area contributed by atoms with Gasteiger partial charge in [-0.25, -0.2) is 0 Å². The number of fused-ring (bicyclic) bond motifs is 2. The Morgan fingerprint density at radius 1 is 0.818 bits per heavy atom. The Kier molecular flexibility index (Phi) is 3.16. The average molecular weight is 286 g/mol. The smallest absolute Gasteiger partial charge is 0.146 e. The van der Waals surface area contributed by atoms with Gasteiger partial charge in [-0.3, -0.25) is 9.97 Å². The lowest BCUT2D eigenvalue weighted by molar-refractivity contribution is 0.309. The normalized spacial score (nSPS) is 10.9. The van der Waals surface area contributed by atoms with Crippen molar-refractivity contribution in [1.29, 1.82) is 0 Å². The van der Waals surface area contributed by atoms with Crippen molar-refractivity contribution in [1.82, 2.24) is 9.97 Å². The maximum Gasteiger partial charge on any atom is 0.146 e. The molecule has 0 amide bonds. The number of para-hydroxylation sites is 2. The lowest BCUT2D eigenvalue weighted by Gasteiger charge is -2.09. The van der Waals surface area contributed by atoms with Gasteiger partial charge in [-0.1, -0.05) is 36.4 Å². The molecule has 2 aromatic carbocycles. The van der Waals surface area contributed by atoms with E-state index in [0.29, 0.717) is 6.61 Å². The Hall–Kier alpha value is -2.94. The first-order valence-corrected chi connectivity index (χ1v) is 7.20. The van der Waals surface area contributed by atoms with E-state index in [1.165, 1.54) is 0 Å².